The Balaban J connectivity index is 0.934. The van der Waals surface area contributed by atoms with Crippen LogP contribution in [0.15, 0.2) is 66.9 Å². The molecule has 3 aliphatic rings. The second-order valence-corrected chi connectivity index (χ2v) is 13.0. The topological polar surface area (TPSA) is 113 Å². The summed E-state index contributed by atoms with van der Waals surface area (Å²) in [5.74, 6) is -0.310. The van der Waals surface area contributed by atoms with E-state index in [4.69, 9.17) is 5.26 Å². The van der Waals surface area contributed by atoms with Crippen LogP contribution in [0.2, 0.25) is 0 Å². The van der Waals surface area contributed by atoms with Crippen molar-refractivity contribution in [1.82, 2.24) is 25.0 Å². The van der Waals surface area contributed by atoms with E-state index in [2.05, 4.69) is 50.3 Å². The van der Waals surface area contributed by atoms with E-state index in [1.165, 1.54) is 11.8 Å². The number of benzene rings is 2. The van der Waals surface area contributed by atoms with Crippen molar-refractivity contribution in [3.05, 3.63) is 94.8 Å². The monoisotopic (exact) mass is 633 g/mol. The number of ketones is 1. The molecule has 0 unspecified atom stereocenters. The number of anilines is 1. The molecule has 6 rings (SSSR count). The number of nitrogens with zero attached hydrogens (tertiary/aromatic N) is 6. The maximum Gasteiger partial charge on any atom is 0.272 e. The number of Topliss-reactive ketones (excluding diaryl/α,β-unsaturated/α-hetero) is 1. The first kappa shape index (κ1) is 32.4. The SMILES string of the molecule is CN1CCN(c2ccc(C(=O)C3CCN(C(=O)c4ccc(C(=O)NC5CCN(Cc6ccc(C#N)cc6)CC5)cn4)CC3)cc2)CC1. The molecule has 0 saturated carbocycles. The lowest BCUT2D eigenvalue weighted by Gasteiger charge is -2.34. The van der Waals surface area contributed by atoms with Gasteiger partial charge in [0.15, 0.2) is 5.78 Å². The van der Waals surface area contributed by atoms with Crippen LogP contribution in [0, 0.1) is 17.2 Å². The lowest BCUT2D eigenvalue weighted by Crippen LogP contribution is -2.44. The third kappa shape index (κ3) is 8.05. The van der Waals surface area contributed by atoms with Gasteiger partial charge in [0.25, 0.3) is 11.8 Å². The molecule has 1 N–H and O–H groups in total. The van der Waals surface area contributed by atoms with E-state index in [0.717, 1.165) is 69.9 Å². The average molecular weight is 634 g/mol. The molecule has 244 valence electrons. The van der Waals surface area contributed by atoms with Crippen LogP contribution in [-0.2, 0) is 6.54 Å². The van der Waals surface area contributed by atoms with E-state index in [0.29, 0.717) is 42.8 Å². The number of carbonyl (C=O) groups is 3. The summed E-state index contributed by atoms with van der Waals surface area (Å²) in [6.45, 7) is 7.64. The Morgan fingerprint density at radius 1 is 0.809 bits per heavy atom. The highest BCUT2D eigenvalue weighted by molar-refractivity contribution is 5.99. The lowest BCUT2D eigenvalue weighted by molar-refractivity contribution is 0.0645. The van der Waals surface area contributed by atoms with Crippen LogP contribution in [0.4, 0.5) is 5.69 Å². The number of likely N-dealkylation sites (N-methyl/N-ethyl adjacent to an activating group) is 1. The molecule has 0 radical (unpaired) electrons. The van der Waals surface area contributed by atoms with Crippen molar-refractivity contribution in [2.45, 2.75) is 38.3 Å². The summed E-state index contributed by atoms with van der Waals surface area (Å²) in [7, 11) is 2.14. The van der Waals surface area contributed by atoms with Gasteiger partial charge in [0.05, 0.1) is 17.2 Å². The van der Waals surface area contributed by atoms with Gasteiger partial charge < -0.3 is 20.0 Å². The van der Waals surface area contributed by atoms with Gasteiger partial charge in [-0.1, -0.05) is 12.1 Å². The van der Waals surface area contributed by atoms with Gasteiger partial charge in [-0.15, -0.1) is 0 Å². The molecule has 3 aliphatic heterocycles. The van der Waals surface area contributed by atoms with Crippen molar-refractivity contribution in [2.24, 2.45) is 5.92 Å². The van der Waals surface area contributed by atoms with Crippen LogP contribution in [-0.4, -0.2) is 103 Å². The number of aromatic nitrogens is 1. The predicted octanol–water partition coefficient (Wildman–Crippen LogP) is 3.83. The normalized spacial score (nSPS) is 18.5. The summed E-state index contributed by atoms with van der Waals surface area (Å²) < 4.78 is 0. The number of hydrogen-bond donors (Lipinski definition) is 1. The van der Waals surface area contributed by atoms with Gasteiger partial charge in [0.1, 0.15) is 5.69 Å². The Morgan fingerprint density at radius 3 is 2.09 bits per heavy atom. The number of piperazine rings is 1. The van der Waals surface area contributed by atoms with Crippen LogP contribution in [0.1, 0.15) is 68.0 Å². The molecular formula is C37H43N7O3. The third-order valence-corrected chi connectivity index (χ3v) is 9.83. The van der Waals surface area contributed by atoms with E-state index < -0.39 is 0 Å². The van der Waals surface area contributed by atoms with Crippen molar-refractivity contribution < 1.29 is 14.4 Å². The van der Waals surface area contributed by atoms with Gasteiger partial charge in [-0.3, -0.25) is 24.3 Å². The quantitative estimate of drug-likeness (QED) is 0.373. The van der Waals surface area contributed by atoms with Crippen LogP contribution in [0.5, 0.6) is 0 Å². The predicted molar refractivity (Wildman–Crippen MR) is 180 cm³/mol. The smallest absolute Gasteiger partial charge is 0.272 e. The molecule has 0 bridgehead atoms. The van der Waals surface area contributed by atoms with E-state index in [1.54, 1.807) is 17.0 Å². The Labute approximate surface area is 277 Å². The molecule has 47 heavy (non-hydrogen) atoms. The van der Waals surface area contributed by atoms with Crippen molar-refractivity contribution in [1.29, 1.82) is 5.26 Å². The number of rotatable bonds is 8. The van der Waals surface area contributed by atoms with Gasteiger partial charge in [0, 0.05) is 88.3 Å². The summed E-state index contributed by atoms with van der Waals surface area (Å²) >= 11 is 0. The van der Waals surface area contributed by atoms with Crippen molar-refractivity contribution >= 4 is 23.3 Å². The van der Waals surface area contributed by atoms with Gasteiger partial charge in [-0.2, -0.15) is 5.26 Å². The minimum absolute atomic E-state index is 0.0833. The fraction of sp³-hybridized carbons (Fsp3) is 0.432. The highest BCUT2D eigenvalue weighted by Crippen LogP contribution is 2.25. The van der Waals surface area contributed by atoms with Gasteiger partial charge in [-0.05, 0) is 86.8 Å². The second-order valence-electron chi connectivity index (χ2n) is 13.0. The molecule has 4 heterocycles. The molecule has 0 atom stereocenters. The zero-order valence-electron chi connectivity index (χ0n) is 27.1. The number of hydrogen-bond acceptors (Lipinski definition) is 8. The Morgan fingerprint density at radius 2 is 1.47 bits per heavy atom. The minimum Gasteiger partial charge on any atom is -0.369 e. The zero-order valence-corrected chi connectivity index (χ0v) is 27.1. The van der Waals surface area contributed by atoms with Gasteiger partial charge >= 0.3 is 0 Å². The van der Waals surface area contributed by atoms with Crippen molar-refractivity contribution in [2.75, 3.05) is 64.3 Å². The number of piperidine rings is 2. The maximum atomic E-state index is 13.2. The molecule has 3 aromatic rings. The fourth-order valence-electron chi connectivity index (χ4n) is 6.75. The van der Waals surface area contributed by atoms with Gasteiger partial charge in [-0.25, -0.2) is 0 Å². The van der Waals surface area contributed by atoms with Gasteiger partial charge in [0.2, 0.25) is 0 Å². The summed E-state index contributed by atoms with van der Waals surface area (Å²) in [5.41, 5.74) is 4.47. The maximum absolute atomic E-state index is 13.2. The first-order chi connectivity index (χ1) is 22.9. The van der Waals surface area contributed by atoms with Crippen LogP contribution >= 0.6 is 0 Å². The molecule has 10 heteroatoms. The summed E-state index contributed by atoms with van der Waals surface area (Å²) in [6.07, 6.45) is 4.43. The number of nitriles is 1. The number of carbonyl (C=O) groups excluding carboxylic acids is 3. The Bertz CT molecular complexity index is 1580. The molecule has 3 saturated heterocycles. The first-order valence-electron chi connectivity index (χ1n) is 16.7. The molecule has 10 nitrogen and oxygen atoms in total. The summed E-state index contributed by atoms with van der Waals surface area (Å²) in [6, 6.07) is 21.2. The number of likely N-dealkylation sites (tertiary alicyclic amines) is 2. The molecule has 2 amide bonds. The van der Waals surface area contributed by atoms with Crippen LogP contribution in [0.25, 0.3) is 0 Å². The molecule has 1 aromatic heterocycles. The van der Waals surface area contributed by atoms with Crippen LogP contribution in [0.3, 0.4) is 0 Å². The molecule has 0 spiro atoms. The van der Waals surface area contributed by atoms with E-state index >= 15 is 0 Å². The highest BCUT2D eigenvalue weighted by atomic mass is 16.2. The van der Waals surface area contributed by atoms with Crippen LogP contribution < -0.4 is 10.2 Å². The van der Waals surface area contributed by atoms with Crippen molar-refractivity contribution in [3.63, 3.8) is 0 Å². The Kier molecular flexibility index (Phi) is 10.2. The van der Waals surface area contributed by atoms with E-state index in [1.807, 2.05) is 36.4 Å². The molecular weight excluding hydrogens is 590 g/mol. The fourth-order valence-corrected chi connectivity index (χ4v) is 6.75. The largest absolute Gasteiger partial charge is 0.369 e. The summed E-state index contributed by atoms with van der Waals surface area (Å²) in [5, 5.41) is 12.1. The number of amides is 2. The van der Waals surface area contributed by atoms with E-state index in [-0.39, 0.29) is 29.6 Å². The Hall–Kier alpha value is -4.59. The molecule has 0 aliphatic carbocycles. The lowest BCUT2D eigenvalue weighted by atomic mass is 9.88. The van der Waals surface area contributed by atoms with E-state index in [9.17, 15) is 14.4 Å². The summed E-state index contributed by atoms with van der Waals surface area (Å²) in [4.78, 5) is 52.5. The highest BCUT2D eigenvalue weighted by Gasteiger charge is 2.29. The number of pyridine rings is 1. The standard InChI is InChI=1S/C37H43N7O3/c1-41-20-22-43(23-21-41)33-9-6-29(7-10-33)35(45)30-12-18-44(19-13-30)37(47)34-11-8-31(25-39-34)36(46)40-32-14-16-42(17-15-32)26-28-4-2-27(24-38)3-5-28/h2-11,25,30,32H,12-23,26H2,1H3,(H,40,46). The average Bonchev–Trinajstić information content (AvgIpc) is 3.12. The minimum atomic E-state index is -0.182. The second kappa shape index (κ2) is 14.9. The van der Waals surface area contributed by atoms with Crippen molar-refractivity contribution in [3.8, 4) is 6.07 Å². The molecule has 3 fully saturated rings. The number of nitrogens with one attached hydrogen (secondary N) is 1. The first-order valence-corrected chi connectivity index (χ1v) is 16.7. The third-order valence-electron chi connectivity index (χ3n) is 9.83. The molecule has 2 aromatic carbocycles. The zero-order chi connectivity index (χ0) is 32.8.